The number of benzene rings is 1. The fourth-order valence-electron chi connectivity index (χ4n) is 1.47. The van der Waals surface area contributed by atoms with Crippen LogP contribution in [0.4, 0.5) is 20.3 Å². The van der Waals surface area contributed by atoms with Gasteiger partial charge in [0.2, 0.25) is 0 Å². The maximum Gasteiger partial charge on any atom is 0.276 e. The van der Waals surface area contributed by atoms with E-state index in [1.807, 2.05) is 0 Å². The fraction of sp³-hybridized carbons (Fsp3) is 0.0833. The molecule has 1 aromatic carbocycles. The Labute approximate surface area is 113 Å². The van der Waals surface area contributed by atoms with Crippen LogP contribution < -0.4 is 16.6 Å². The van der Waals surface area contributed by atoms with Crippen molar-refractivity contribution in [3.8, 4) is 0 Å². The molecular weight excluding hydrogens is 268 g/mol. The van der Waals surface area contributed by atoms with E-state index in [0.29, 0.717) is 0 Å². The minimum Gasteiger partial charge on any atom is -0.318 e. The lowest BCUT2D eigenvalue weighted by molar-refractivity contribution is 0.102. The molecule has 0 aliphatic heterocycles. The molecular formula is C12H11F2N5O. The van der Waals surface area contributed by atoms with Crippen LogP contribution >= 0.6 is 0 Å². The Bertz CT molecular complexity index is 662. The Kier molecular flexibility index (Phi) is 3.85. The van der Waals surface area contributed by atoms with Crippen molar-refractivity contribution in [1.29, 1.82) is 0 Å². The van der Waals surface area contributed by atoms with Crippen LogP contribution in [0.1, 0.15) is 16.1 Å². The Balaban J connectivity index is 2.25. The van der Waals surface area contributed by atoms with Gasteiger partial charge in [-0.1, -0.05) is 0 Å². The molecule has 6 nitrogen and oxygen atoms in total. The third-order valence-electron chi connectivity index (χ3n) is 2.51. The van der Waals surface area contributed by atoms with Gasteiger partial charge in [0.1, 0.15) is 17.3 Å². The number of halogens is 2. The maximum absolute atomic E-state index is 13.6. The summed E-state index contributed by atoms with van der Waals surface area (Å²) in [6.45, 7) is 1.42. The van der Waals surface area contributed by atoms with E-state index in [9.17, 15) is 13.6 Å². The smallest absolute Gasteiger partial charge is 0.276 e. The van der Waals surface area contributed by atoms with Gasteiger partial charge >= 0.3 is 0 Å². The zero-order valence-electron chi connectivity index (χ0n) is 10.4. The van der Waals surface area contributed by atoms with Gasteiger partial charge in [-0.25, -0.2) is 19.6 Å². The molecule has 2 rings (SSSR count). The Morgan fingerprint density at radius 1 is 1.25 bits per heavy atom. The third kappa shape index (κ3) is 2.86. The number of nitrogens with two attached hydrogens (primary N) is 1. The molecule has 0 saturated carbocycles. The largest absolute Gasteiger partial charge is 0.318 e. The van der Waals surface area contributed by atoms with Gasteiger partial charge < -0.3 is 10.7 Å². The lowest BCUT2D eigenvalue weighted by Gasteiger charge is -2.08. The van der Waals surface area contributed by atoms with Crippen LogP contribution in [0.5, 0.6) is 0 Å². The van der Waals surface area contributed by atoms with E-state index < -0.39 is 17.5 Å². The molecule has 4 N–H and O–H groups in total. The minimum absolute atomic E-state index is 0.0826. The summed E-state index contributed by atoms with van der Waals surface area (Å²) < 4.78 is 27.0. The quantitative estimate of drug-likeness (QED) is 0.586. The molecule has 0 saturated heterocycles. The van der Waals surface area contributed by atoms with E-state index in [-0.39, 0.29) is 22.8 Å². The SMILES string of the molecule is Cc1cc(F)c(NC(=O)c2cncc(NN)n2)cc1F. The molecule has 0 unspecified atom stereocenters. The summed E-state index contributed by atoms with van der Waals surface area (Å²) in [5.41, 5.74) is 2.02. The molecule has 0 spiro atoms. The Hall–Kier alpha value is -2.61. The van der Waals surface area contributed by atoms with Gasteiger partial charge in [-0.3, -0.25) is 9.78 Å². The van der Waals surface area contributed by atoms with Crippen molar-refractivity contribution in [2.24, 2.45) is 5.84 Å². The minimum atomic E-state index is -0.738. The number of carbonyl (C=O) groups excluding carboxylic acids is 1. The molecule has 0 atom stereocenters. The van der Waals surface area contributed by atoms with Crippen LogP contribution in [0.15, 0.2) is 24.5 Å². The number of hydrogen-bond donors (Lipinski definition) is 3. The summed E-state index contributed by atoms with van der Waals surface area (Å²) in [4.78, 5) is 19.4. The molecule has 1 amide bonds. The number of carbonyl (C=O) groups is 1. The van der Waals surface area contributed by atoms with Crippen molar-refractivity contribution in [3.63, 3.8) is 0 Å². The summed E-state index contributed by atoms with van der Waals surface area (Å²) in [6.07, 6.45) is 2.49. The Morgan fingerprint density at radius 3 is 2.70 bits per heavy atom. The number of hydrogen-bond acceptors (Lipinski definition) is 5. The molecule has 20 heavy (non-hydrogen) atoms. The lowest BCUT2D eigenvalue weighted by Crippen LogP contribution is -2.17. The first-order valence-electron chi connectivity index (χ1n) is 5.57. The predicted octanol–water partition coefficient (Wildman–Crippen LogP) is 1.60. The average Bonchev–Trinajstić information content (AvgIpc) is 2.44. The number of anilines is 2. The number of amides is 1. The van der Waals surface area contributed by atoms with E-state index in [1.54, 1.807) is 0 Å². The standard InChI is InChI=1S/C12H11F2N5O/c1-6-2-8(14)9(3-7(6)13)18-12(20)10-4-16-5-11(17-10)19-15/h2-5H,15H2,1H3,(H,17,19)(H,18,20). The first-order chi connectivity index (χ1) is 9.51. The van der Waals surface area contributed by atoms with Crippen LogP contribution in [0.3, 0.4) is 0 Å². The molecule has 0 aliphatic carbocycles. The van der Waals surface area contributed by atoms with Gasteiger partial charge in [0.05, 0.1) is 18.1 Å². The van der Waals surface area contributed by atoms with Gasteiger partial charge in [0.15, 0.2) is 5.82 Å². The monoisotopic (exact) mass is 279 g/mol. The van der Waals surface area contributed by atoms with Gasteiger partial charge in [-0.2, -0.15) is 0 Å². The van der Waals surface area contributed by atoms with Crippen LogP contribution in [0.25, 0.3) is 0 Å². The second-order valence-electron chi connectivity index (χ2n) is 3.97. The highest BCUT2D eigenvalue weighted by molar-refractivity contribution is 6.02. The molecule has 0 bridgehead atoms. The molecule has 0 fully saturated rings. The predicted molar refractivity (Wildman–Crippen MR) is 68.9 cm³/mol. The average molecular weight is 279 g/mol. The fourth-order valence-corrected chi connectivity index (χ4v) is 1.47. The van der Waals surface area contributed by atoms with E-state index in [4.69, 9.17) is 5.84 Å². The molecule has 2 aromatic rings. The highest BCUT2D eigenvalue weighted by Crippen LogP contribution is 2.19. The van der Waals surface area contributed by atoms with Gasteiger partial charge in [0.25, 0.3) is 5.91 Å². The van der Waals surface area contributed by atoms with Crippen molar-refractivity contribution >= 4 is 17.4 Å². The molecule has 104 valence electrons. The highest BCUT2D eigenvalue weighted by Gasteiger charge is 2.13. The summed E-state index contributed by atoms with van der Waals surface area (Å²) in [7, 11) is 0. The number of nitrogen functional groups attached to an aromatic ring is 1. The van der Waals surface area contributed by atoms with Crippen molar-refractivity contribution < 1.29 is 13.6 Å². The normalized spacial score (nSPS) is 10.2. The second kappa shape index (κ2) is 5.57. The van der Waals surface area contributed by atoms with Crippen molar-refractivity contribution in [1.82, 2.24) is 9.97 Å². The zero-order chi connectivity index (χ0) is 14.7. The van der Waals surface area contributed by atoms with Crippen LogP contribution in [-0.2, 0) is 0 Å². The first kappa shape index (κ1) is 13.8. The van der Waals surface area contributed by atoms with E-state index >= 15 is 0 Å². The molecule has 1 aromatic heterocycles. The molecule has 1 heterocycles. The van der Waals surface area contributed by atoms with Gasteiger partial charge in [0, 0.05) is 6.07 Å². The summed E-state index contributed by atoms with van der Waals surface area (Å²) >= 11 is 0. The summed E-state index contributed by atoms with van der Waals surface area (Å²) in [5, 5.41) is 2.22. The zero-order valence-corrected chi connectivity index (χ0v) is 10.4. The van der Waals surface area contributed by atoms with Crippen LogP contribution in [0.2, 0.25) is 0 Å². The summed E-state index contributed by atoms with van der Waals surface area (Å²) in [6, 6.07) is 1.90. The first-order valence-corrected chi connectivity index (χ1v) is 5.57. The number of aryl methyl sites for hydroxylation is 1. The van der Waals surface area contributed by atoms with Gasteiger partial charge in [-0.15, -0.1) is 0 Å². The van der Waals surface area contributed by atoms with E-state index in [2.05, 4.69) is 20.7 Å². The van der Waals surface area contributed by atoms with E-state index in [0.717, 1.165) is 12.1 Å². The number of aromatic nitrogens is 2. The second-order valence-corrected chi connectivity index (χ2v) is 3.97. The number of nitrogens with zero attached hydrogens (tertiary/aromatic N) is 2. The number of rotatable bonds is 3. The van der Waals surface area contributed by atoms with Crippen LogP contribution in [-0.4, -0.2) is 15.9 Å². The number of nitrogens with one attached hydrogen (secondary N) is 2. The summed E-state index contributed by atoms with van der Waals surface area (Å²) in [5.74, 6) is 3.23. The maximum atomic E-state index is 13.6. The molecule has 0 radical (unpaired) electrons. The van der Waals surface area contributed by atoms with Crippen molar-refractivity contribution in [3.05, 3.63) is 47.4 Å². The topological polar surface area (TPSA) is 92.9 Å². The van der Waals surface area contributed by atoms with Crippen molar-refractivity contribution in [2.75, 3.05) is 10.7 Å². The van der Waals surface area contributed by atoms with Gasteiger partial charge in [-0.05, 0) is 18.6 Å². The van der Waals surface area contributed by atoms with E-state index in [1.165, 1.54) is 19.3 Å². The molecule has 0 aliphatic rings. The number of hydrazine groups is 1. The third-order valence-corrected chi connectivity index (χ3v) is 2.51. The Morgan fingerprint density at radius 2 is 2.00 bits per heavy atom. The van der Waals surface area contributed by atoms with Crippen LogP contribution in [0, 0.1) is 18.6 Å². The molecule has 8 heteroatoms. The lowest BCUT2D eigenvalue weighted by atomic mass is 10.2. The highest BCUT2D eigenvalue weighted by atomic mass is 19.1. The van der Waals surface area contributed by atoms with Crippen molar-refractivity contribution in [2.45, 2.75) is 6.92 Å².